The van der Waals surface area contributed by atoms with Gasteiger partial charge in [0.15, 0.2) is 16.7 Å². The second-order valence-corrected chi connectivity index (χ2v) is 9.17. The predicted molar refractivity (Wildman–Crippen MR) is 128 cm³/mol. The summed E-state index contributed by atoms with van der Waals surface area (Å²) < 4.78 is 12.2. The van der Waals surface area contributed by atoms with Gasteiger partial charge in [-0.2, -0.15) is 0 Å². The minimum Gasteiger partial charge on any atom is -0.493 e. The van der Waals surface area contributed by atoms with Crippen LogP contribution in [0.15, 0.2) is 40.2 Å². The molecular formula is C21H20ClIN2O3S. The van der Waals surface area contributed by atoms with Gasteiger partial charge in [-0.15, -0.1) is 0 Å². The van der Waals surface area contributed by atoms with Crippen LogP contribution in [0.5, 0.6) is 11.5 Å². The normalized spacial score (nSPS) is 16.6. The maximum atomic E-state index is 12.4. The molecule has 0 saturated carbocycles. The zero-order chi connectivity index (χ0) is 21.1. The maximum absolute atomic E-state index is 12.4. The topological polar surface area (TPSA) is 59.9 Å². The van der Waals surface area contributed by atoms with Crippen molar-refractivity contribution in [3.8, 4) is 11.5 Å². The summed E-state index contributed by atoms with van der Waals surface area (Å²) >= 11 is 9.65. The molecule has 0 bridgehead atoms. The van der Waals surface area contributed by atoms with Crippen molar-refractivity contribution in [3.05, 3.63) is 55.0 Å². The predicted octanol–water partition coefficient (Wildman–Crippen LogP) is 5.94. The molecule has 3 rings (SSSR count). The number of nitrogens with zero attached hydrogens (tertiary/aromatic N) is 1. The van der Waals surface area contributed by atoms with Gasteiger partial charge in [-0.3, -0.25) is 4.79 Å². The molecule has 1 amide bonds. The first-order valence-electron chi connectivity index (χ1n) is 8.87. The molecule has 1 N–H and O–H groups in total. The van der Waals surface area contributed by atoms with E-state index in [1.165, 1.54) is 11.8 Å². The van der Waals surface area contributed by atoms with Crippen LogP contribution in [0, 0.1) is 10.5 Å². The summed E-state index contributed by atoms with van der Waals surface area (Å²) in [5.74, 6) is 1.14. The molecule has 0 atom stereocenters. The third-order valence-corrected chi connectivity index (χ3v) is 6.14. The Bertz CT molecular complexity index is 1020. The van der Waals surface area contributed by atoms with Gasteiger partial charge in [-0.25, -0.2) is 4.99 Å². The molecule has 29 heavy (non-hydrogen) atoms. The van der Waals surface area contributed by atoms with Crippen LogP contribution in [0.4, 0.5) is 5.69 Å². The minimum absolute atomic E-state index is 0.0338. The number of carbonyl (C=O) groups excluding carboxylic acids is 1. The summed E-state index contributed by atoms with van der Waals surface area (Å²) in [7, 11) is 1.60. The quantitative estimate of drug-likeness (QED) is 0.375. The molecule has 1 saturated heterocycles. The molecule has 2 aromatic rings. The number of halogens is 2. The molecule has 8 heteroatoms. The number of methoxy groups -OCH3 is 1. The Kier molecular flexibility index (Phi) is 7.13. The molecule has 5 nitrogen and oxygen atoms in total. The van der Waals surface area contributed by atoms with Crippen molar-refractivity contribution in [2.75, 3.05) is 7.11 Å². The van der Waals surface area contributed by atoms with Gasteiger partial charge in [0.1, 0.15) is 0 Å². The van der Waals surface area contributed by atoms with E-state index in [4.69, 9.17) is 21.1 Å². The number of thioether (sulfide) groups is 1. The van der Waals surface area contributed by atoms with E-state index in [0.717, 1.165) is 20.4 Å². The standard InChI is InChI=1S/C21H20ClIN2O3S/c1-11(2)28-19-15(23)8-13(9-17(19)27-4)10-18-20(26)25-21(29-18)24-16-7-5-6-14(22)12(16)3/h5-11H,1-4H3,(H,24,25,26)/b18-10+. The molecule has 1 aliphatic rings. The largest absolute Gasteiger partial charge is 0.493 e. The number of benzene rings is 2. The Morgan fingerprint density at radius 1 is 1.31 bits per heavy atom. The lowest BCUT2D eigenvalue weighted by Gasteiger charge is -2.16. The fourth-order valence-corrected chi connectivity index (χ4v) is 4.39. The van der Waals surface area contributed by atoms with Crippen LogP contribution < -0.4 is 14.8 Å². The summed E-state index contributed by atoms with van der Waals surface area (Å²) in [5, 5.41) is 3.97. The molecule has 1 heterocycles. The van der Waals surface area contributed by atoms with E-state index in [-0.39, 0.29) is 12.0 Å². The van der Waals surface area contributed by atoms with Crippen LogP contribution >= 0.6 is 46.0 Å². The minimum atomic E-state index is -0.190. The van der Waals surface area contributed by atoms with E-state index in [9.17, 15) is 4.79 Å². The SMILES string of the molecule is COc1cc(/C=C2/SC(=Nc3cccc(Cl)c3C)NC2=O)cc(I)c1OC(C)C. The van der Waals surface area contributed by atoms with Crippen LogP contribution in [0.3, 0.4) is 0 Å². The zero-order valence-corrected chi connectivity index (χ0v) is 20.1. The third kappa shape index (κ3) is 5.26. The number of hydrogen-bond acceptors (Lipinski definition) is 5. The Morgan fingerprint density at radius 2 is 2.07 bits per heavy atom. The number of amides is 1. The number of ether oxygens (including phenoxy) is 2. The van der Waals surface area contributed by atoms with Crippen molar-refractivity contribution >= 4 is 68.8 Å². The van der Waals surface area contributed by atoms with Crippen molar-refractivity contribution < 1.29 is 14.3 Å². The molecule has 0 radical (unpaired) electrons. The smallest absolute Gasteiger partial charge is 0.264 e. The first kappa shape index (κ1) is 22.0. The first-order valence-corrected chi connectivity index (χ1v) is 11.1. The average Bonchev–Trinajstić information content (AvgIpc) is 2.99. The lowest BCUT2D eigenvalue weighted by Crippen LogP contribution is -2.19. The maximum Gasteiger partial charge on any atom is 0.264 e. The molecule has 0 aliphatic carbocycles. The second-order valence-electron chi connectivity index (χ2n) is 6.57. The fraction of sp³-hybridized carbons (Fsp3) is 0.238. The number of rotatable bonds is 5. The molecular weight excluding hydrogens is 523 g/mol. The van der Waals surface area contributed by atoms with Gasteiger partial charge in [-0.05, 0) is 96.6 Å². The van der Waals surface area contributed by atoms with Crippen molar-refractivity contribution in [1.29, 1.82) is 0 Å². The van der Waals surface area contributed by atoms with Gasteiger partial charge in [-0.1, -0.05) is 17.7 Å². The third-order valence-electron chi connectivity index (χ3n) is 4.02. The van der Waals surface area contributed by atoms with Gasteiger partial charge >= 0.3 is 0 Å². The van der Waals surface area contributed by atoms with Gasteiger partial charge in [0, 0.05) is 5.02 Å². The van der Waals surface area contributed by atoms with Crippen molar-refractivity contribution in [3.63, 3.8) is 0 Å². The van der Waals surface area contributed by atoms with E-state index >= 15 is 0 Å². The van der Waals surface area contributed by atoms with E-state index in [0.29, 0.717) is 26.6 Å². The van der Waals surface area contributed by atoms with Gasteiger partial charge in [0.25, 0.3) is 5.91 Å². The van der Waals surface area contributed by atoms with Crippen LogP contribution in [-0.2, 0) is 4.79 Å². The Labute approximate surface area is 193 Å². The van der Waals surface area contributed by atoms with Gasteiger partial charge in [0.05, 0.1) is 27.4 Å². The Balaban J connectivity index is 1.89. The molecule has 1 fully saturated rings. The van der Waals surface area contributed by atoms with E-state index in [2.05, 4.69) is 32.9 Å². The van der Waals surface area contributed by atoms with E-state index in [1.54, 1.807) is 7.11 Å². The molecule has 2 aromatic carbocycles. The van der Waals surface area contributed by atoms with Crippen molar-refractivity contribution in [2.24, 2.45) is 4.99 Å². The van der Waals surface area contributed by atoms with Gasteiger partial charge in [0.2, 0.25) is 0 Å². The van der Waals surface area contributed by atoms with E-state index in [1.807, 2.05) is 57.2 Å². The molecule has 1 aliphatic heterocycles. The highest BCUT2D eigenvalue weighted by molar-refractivity contribution is 14.1. The van der Waals surface area contributed by atoms with Crippen LogP contribution in [0.1, 0.15) is 25.0 Å². The van der Waals surface area contributed by atoms with Crippen LogP contribution in [-0.4, -0.2) is 24.3 Å². The summed E-state index contributed by atoms with van der Waals surface area (Å²) in [4.78, 5) is 17.5. The zero-order valence-electron chi connectivity index (χ0n) is 16.4. The Hall–Kier alpha value is -1.71. The number of hydrogen-bond donors (Lipinski definition) is 1. The lowest BCUT2D eigenvalue weighted by molar-refractivity contribution is -0.115. The van der Waals surface area contributed by atoms with Crippen molar-refractivity contribution in [2.45, 2.75) is 26.9 Å². The molecule has 0 unspecified atom stereocenters. The lowest BCUT2D eigenvalue weighted by atomic mass is 10.2. The van der Waals surface area contributed by atoms with Gasteiger partial charge < -0.3 is 14.8 Å². The highest BCUT2D eigenvalue weighted by Crippen LogP contribution is 2.37. The number of carbonyl (C=O) groups is 1. The molecule has 0 spiro atoms. The summed E-state index contributed by atoms with van der Waals surface area (Å²) in [6, 6.07) is 9.33. The number of amidine groups is 1. The summed E-state index contributed by atoms with van der Waals surface area (Å²) in [6.07, 6.45) is 1.85. The van der Waals surface area contributed by atoms with Crippen LogP contribution in [0.25, 0.3) is 6.08 Å². The summed E-state index contributed by atoms with van der Waals surface area (Å²) in [5.41, 5.74) is 2.45. The number of nitrogens with one attached hydrogen (secondary N) is 1. The molecule has 0 aromatic heterocycles. The highest BCUT2D eigenvalue weighted by atomic mass is 127. The number of aliphatic imine (C=N–C) groups is 1. The van der Waals surface area contributed by atoms with Crippen molar-refractivity contribution in [1.82, 2.24) is 5.32 Å². The monoisotopic (exact) mass is 542 g/mol. The highest BCUT2D eigenvalue weighted by Gasteiger charge is 2.24. The average molecular weight is 543 g/mol. The first-order chi connectivity index (χ1) is 13.8. The summed E-state index contributed by atoms with van der Waals surface area (Å²) in [6.45, 7) is 5.83. The second kappa shape index (κ2) is 9.40. The Morgan fingerprint density at radius 3 is 2.76 bits per heavy atom. The van der Waals surface area contributed by atoms with E-state index < -0.39 is 0 Å². The fourth-order valence-electron chi connectivity index (χ4n) is 2.63. The van der Waals surface area contributed by atoms with Crippen LogP contribution in [0.2, 0.25) is 5.02 Å². The molecule has 152 valence electrons.